The molecule has 0 bridgehead atoms. The number of aliphatic hydroxyl groups excluding tert-OH is 1. The zero-order chi connectivity index (χ0) is 18.0. The SMILES string of the molecule is CC[C@@H]1CN(C(=O)c2ccccc2)[C@H](CO)[C@@H]1CN1CCC(F)(F)C1. The largest absolute Gasteiger partial charge is 0.394 e. The van der Waals surface area contributed by atoms with Crippen LogP contribution in [0.2, 0.25) is 0 Å². The predicted molar refractivity (Wildman–Crippen MR) is 91.6 cm³/mol. The molecule has 0 saturated carbocycles. The highest BCUT2D eigenvalue weighted by atomic mass is 19.3. The monoisotopic (exact) mass is 352 g/mol. The number of nitrogens with zero attached hydrogens (tertiary/aromatic N) is 2. The Labute approximate surface area is 147 Å². The summed E-state index contributed by atoms with van der Waals surface area (Å²) in [6, 6.07) is 8.72. The zero-order valence-corrected chi connectivity index (χ0v) is 14.6. The lowest BCUT2D eigenvalue weighted by atomic mass is 9.88. The fourth-order valence-corrected chi connectivity index (χ4v) is 4.25. The van der Waals surface area contributed by atoms with Gasteiger partial charge in [0.25, 0.3) is 11.8 Å². The number of carbonyl (C=O) groups is 1. The van der Waals surface area contributed by atoms with E-state index in [2.05, 4.69) is 6.92 Å². The van der Waals surface area contributed by atoms with Crippen molar-refractivity contribution < 1.29 is 18.7 Å². The molecule has 25 heavy (non-hydrogen) atoms. The van der Waals surface area contributed by atoms with E-state index >= 15 is 0 Å². The molecule has 2 aliphatic heterocycles. The van der Waals surface area contributed by atoms with E-state index in [9.17, 15) is 18.7 Å². The van der Waals surface area contributed by atoms with Gasteiger partial charge in [0.1, 0.15) is 0 Å². The normalized spacial score (nSPS) is 29.3. The van der Waals surface area contributed by atoms with Crippen LogP contribution in [-0.2, 0) is 0 Å². The topological polar surface area (TPSA) is 43.8 Å². The van der Waals surface area contributed by atoms with Gasteiger partial charge in [-0.3, -0.25) is 9.69 Å². The summed E-state index contributed by atoms with van der Waals surface area (Å²) in [6.07, 6.45) is 0.761. The highest BCUT2D eigenvalue weighted by molar-refractivity contribution is 5.94. The van der Waals surface area contributed by atoms with Gasteiger partial charge < -0.3 is 10.0 Å². The van der Waals surface area contributed by atoms with E-state index in [4.69, 9.17) is 0 Å². The molecule has 2 saturated heterocycles. The summed E-state index contributed by atoms with van der Waals surface area (Å²) in [5.41, 5.74) is 0.601. The first-order chi connectivity index (χ1) is 11.9. The summed E-state index contributed by atoms with van der Waals surface area (Å²) in [6.45, 7) is 3.17. The number of hydrogen-bond donors (Lipinski definition) is 1. The van der Waals surface area contributed by atoms with E-state index in [1.807, 2.05) is 18.2 Å². The van der Waals surface area contributed by atoms with Crippen LogP contribution >= 0.6 is 0 Å². The number of likely N-dealkylation sites (tertiary alicyclic amines) is 2. The fourth-order valence-electron chi connectivity index (χ4n) is 4.25. The number of amides is 1. The van der Waals surface area contributed by atoms with Gasteiger partial charge in [-0.15, -0.1) is 0 Å². The van der Waals surface area contributed by atoms with Gasteiger partial charge in [-0.1, -0.05) is 31.5 Å². The molecule has 2 fully saturated rings. The maximum Gasteiger partial charge on any atom is 0.261 e. The Bertz CT molecular complexity index is 596. The van der Waals surface area contributed by atoms with Crippen molar-refractivity contribution in [1.82, 2.24) is 9.80 Å². The summed E-state index contributed by atoms with van der Waals surface area (Å²) in [5, 5.41) is 9.93. The van der Waals surface area contributed by atoms with Crippen LogP contribution < -0.4 is 0 Å². The molecule has 0 aromatic heterocycles. The molecule has 138 valence electrons. The number of aliphatic hydroxyl groups is 1. The van der Waals surface area contributed by atoms with Crippen molar-refractivity contribution in [3.63, 3.8) is 0 Å². The van der Waals surface area contributed by atoms with Gasteiger partial charge in [0, 0.05) is 31.6 Å². The molecule has 1 aromatic rings. The number of hydrogen-bond acceptors (Lipinski definition) is 3. The van der Waals surface area contributed by atoms with Crippen molar-refractivity contribution in [2.24, 2.45) is 11.8 Å². The molecule has 0 spiro atoms. The first kappa shape index (κ1) is 18.3. The Balaban J connectivity index is 1.75. The summed E-state index contributed by atoms with van der Waals surface area (Å²) in [5.74, 6) is -2.46. The highest BCUT2D eigenvalue weighted by Crippen LogP contribution is 2.36. The minimum atomic E-state index is -2.62. The smallest absolute Gasteiger partial charge is 0.261 e. The molecule has 0 radical (unpaired) electrons. The van der Waals surface area contributed by atoms with Crippen LogP contribution in [0.4, 0.5) is 8.78 Å². The summed E-state index contributed by atoms with van der Waals surface area (Å²) < 4.78 is 27.0. The van der Waals surface area contributed by atoms with Gasteiger partial charge in [0.05, 0.1) is 19.2 Å². The Hall–Kier alpha value is -1.53. The van der Waals surface area contributed by atoms with Crippen LogP contribution in [0.5, 0.6) is 0 Å². The molecule has 0 unspecified atom stereocenters. The molecular formula is C19H26F2N2O2. The van der Waals surface area contributed by atoms with Crippen LogP contribution in [0.25, 0.3) is 0 Å². The molecule has 2 heterocycles. The second-order valence-corrected chi connectivity index (χ2v) is 7.25. The molecule has 1 aromatic carbocycles. The van der Waals surface area contributed by atoms with Gasteiger partial charge in [-0.25, -0.2) is 8.78 Å². The van der Waals surface area contributed by atoms with Crippen LogP contribution in [-0.4, -0.2) is 65.6 Å². The lowest BCUT2D eigenvalue weighted by molar-refractivity contribution is 0.00885. The zero-order valence-electron chi connectivity index (χ0n) is 14.6. The fraction of sp³-hybridized carbons (Fsp3) is 0.632. The Morgan fingerprint density at radius 2 is 2.04 bits per heavy atom. The third-order valence-corrected chi connectivity index (χ3v) is 5.64. The molecule has 3 rings (SSSR count). The van der Waals surface area contributed by atoms with Crippen molar-refractivity contribution in [2.45, 2.75) is 31.7 Å². The number of benzene rings is 1. The number of halogens is 2. The predicted octanol–water partition coefficient (Wildman–Crippen LogP) is 2.49. The van der Waals surface area contributed by atoms with E-state index in [1.165, 1.54) is 0 Å². The maximum atomic E-state index is 13.5. The lowest BCUT2D eigenvalue weighted by Crippen LogP contribution is -2.43. The summed E-state index contributed by atoms with van der Waals surface area (Å²) in [7, 11) is 0. The maximum absolute atomic E-state index is 13.5. The van der Waals surface area contributed by atoms with E-state index < -0.39 is 5.92 Å². The lowest BCUT2D eigenvalue weighted by Gasteiger charge is -2.30. The highest BCUT2D eigenvalue weighted by Gasteiger charge is 2.46. The number of carbonyl (C=O) groups excluding carboxylic acids is 1. The third-order valence-electron chi connectivity index (χ3n) is 5.64. The third kappa shape index (κ3) is 3.85. The minimum absolute atomic E-state index is 0.0246. The average Bonchev–Trinajstić information content (AvgIpc) is 3.14. The summed E-state index contributed by atoms with van der Waals surface area (Å²) in [4.78, 5) is 16.4. The van der Waals surface area contributed by atoms with Crippen molar-refractivity contribution >= 4 is 5.91 Å². The Morgan fingerprint density at radius 1 is 1.32 bits per heavy atom. The van der Waals surface area contributed by atoms with E-state index in [0.717, 1.165) is 6.42 Å². The molecule has 1 N–H and O–H groups in total. The first-order valence-corrected chi connectivity index (χ1v) is 9.02. The number of rotatable bonds is 5. The molecule has 3 atom stereocenters. The van der Waals surface area contributed by atoms with Crippen molar-refractivity contribution in [3.05, 3.63) is 35.9 Å². The van der Waals surface area contributed by atoms with E-state index in [-0.39, 0.29) is 43.4 Å². The average molecular weight is 352 g/mol. The van der Waals surface area contributed by atoms with Gasteiger partial charge in [0.2, 0.25) is 0 Å². The van der Waals surface area contributed by atoms with Crippen LogP contribution in [0.15, 0.2) is 30.3 Å². The molecule has 2 aliphatic rings. The minimum Gasteiger partial charge on any atom is -0.394 e. The molecule has 6 heteroatoms. The van der Waals surface area contributed by atoms with Crippen molar-refractivity contribution in [3.8, 4) is 0 Å². The van der Waals surface area contributed by atoms with E-state index in [0.29, 0.717) is 25.2 Å². The summed E-state index contributed by atoms with van der Waals surface area (Å²) >= 11 is 0. The van der Waals surface area contributed by atoms with Crippen LogP contribution in [0.1, 0.15) is 30.1 Å². The second kappa shape index (κ2) is 7.38. The standard InChI is InChI=1S/C19H26F2N2O2/c1-2-14-10-23(18(25)15-6-4-3-5-7-15)17(12-24)16(14)11-22-9-8-19(20,21)13-22/h3-7,14,16-17,24H,2,8-13H2,1H3/t14-,16-,17-/m1/s1. The van der Waals surface area contributed by atoms with Gasteiger partial charge in [-0.05, 0) is 24.0 Å². The van der Waals surface area contributed by atoms with Crippen LogP contribution in [0.3, 0.4) is 0 Å². The van der Waals surface area contributed by atoms with Crippen LogP contribution in [0, 0.1) is 11.8 Å². The second-order valence-electron chi connectivity index (χ2n) is 7.25. The quantitative estimate of drug-likeness (QED) is 0.885. The van der Waals surface area contributed by atoms with Gasteiger partial charge in [-0.2, -0.15) is 0 Å². The Kier molecular flexibility index (Phi) is 5.39. The van der Waals surface area contributed by atoms with E-state index in [1.54, 1.807) is 21.9 Å². The first-order valence-electron chi connectivity index (χ1n) is 9.02. The van der Waals surface area contributed by atoms with Crippen molar-refractivity contribution in [2.75, 3.05) is 32.8 Å². The Morgan fingerprint density at radius 3 is 2.60 bits per heavy atom. The molecule has 4 nitrogen and oxygen atoms in total. The molecular weight excluding hydrogens is 326 g/mol. The van der Waals surface area contributed by atoms with Crippen molar-refractivity contribution in [1.29, 1.82) is 0 Å². The molecule has 1 amide bonds. The van der Waals surface area contributed by atoms with Gasteiger partial charge in [0.15, 0.2) is 0 Å². The molecule has 0 aliphatic carbocycles. The number of alkyl halides is 2. The van der Waals surface area contributed by atoms with Gasteiger partial charge >= 0.3 is 0 Å².